The molecule has 0 unspecified atom stereocenters. The van der Waals surface area contributed by atoms with Gasteiger partial charge in [-0.15, -0.1) is 0 Å². The first-order valence-electron chi connectivity index (χ1n) is 4.66. The van der Waals surface area contributed by atoms with Crippen molar-refractivity contribution in [3.63, 3.8) is 0 Å². The van der Waals surface area contributed by atoms with Gasteiger partial charge in [-0.25, -0.2) is 23.0 Å². The van der Waals surface area contributed by atoms with Crippen LogP contribution in [0.4, 0.5) is 0 Å². The van der Waals surface area contributed by atoms with Crippen LogP contribution in [-0.2, 0) is 26.2 Å². The Morgan fingerprint density at radius 3 is 2.71 bits per heavy atom. The fourth-order valence-electron chi connectivity index (χ4n) is 1.24. The normalized spacial score (nSPS) is 11.5. The average Bonchev–Trinajstić information content (AvgIpc) is 2.62. The molecular formula is C8H13N3O5S. The Morgan fingerprint density at radius 1 is 1.59 bits per heavy atom. The number of nitrogens with two attached hydrogens (primary N) is 1. The lowest BCUT2D eigenvalue weighted by molar-refractivity contribution is 0.0519. The number of rotatable bonds is 5. The van der Waals surface area contributed by atoms with Crippen LogP contribution in [0.2, 0.25) is 0 Å². The van der Waals surface area contributed by atoms with Crippen LogP contribution in [0.1, 0.15) is 17.3 Å². The number of carbonyl (C=O) groups is 1. The van der Waals surface area contributed by atoms with Crippen molar-refractivity contribution in [2.45, 2.75) is 18.7 Å². The third kappa shape index (κ3) is 3.02. The molecule has 0 saturated carbocycles. The fraction of sp³-hybridized carbons (Fsp3) is 0.500. The Bertz CT molecular complexity index is 507. The van der Waals surface area contributed by atoms with Crippen LogP contribution in [0, 0.1) is 0 Å². The third-order valence-electron chi connectivity index (χ3n) is 1.81. The minimum atomic E-state index is -4.09. The number of nitrogens with zero attached hydrogens (tertiary/aromatic N) is 2. The molecular weight excluding hydrogens is 250 g/mol. The molecule has 0 fully saturated rings. The summed E-state index contributed by atoms with van der Waals surface area (Å²) in [5.41, 5.74) is -0.202. The number of hydrogen-bond donors (Lipinski definition) is 1. The molecule has 17 heavy (non-hydrogen) atoms. The lowest BCUT2D eigenvalue weighted by Gasteiger charge is -2.06. The number of esters is 1. The minimum absolute atomic E-state index is 0.123. The smallest absolute Gasteiger partial charge is 0.342 e. The first kappa shape index (κ1) is 13.6. The van der Waals surface area contributed by atoms with Crippen LogP contribution in [0.3, 0.4) is 0 Å². The summed E-state index contributed by atoms with van der Waals surface area (Å²) in [5, 5.41) is 8.30. The van der Waals surface area contributed by atoms with Gasteiger partial charge in [0.05, 0.1) is 12.8 Å². The van der Waals surface area contributed by atoms with E-state index in [9.17, 15) is 13.2 Å². The maximum absolute atomic E-state index is 11.5. The fourth-order valence-corrected chi connectivity index (χ4v) is 2.07. The van der Waals surface area contributed by atoms with Gasteiger partial charge in [-0.2, -0.15) is 5.10 Å². The highest BCUT2D eigenvalue weighted by molar-refractivity contribution is 7.89. The van der Waals surface area contributed by atoms with Crippen molar-refractivity contribution < 1.29 is 22.7 Å². The molecule has 2 N–H and O–H groups in total. The van der Waals surface area contributed by atoms with Crippen molar-refractivity contribution >= 4 is 16.0 Å². The quantitative estimate of drug-likeness (QED) is 0.703. The molecule has 96 valence electrons. The first-order chi connectivity index (χ1) is 7.91. The molecule has 9 heteroatoms. The lowest BCUT2D eigenvalue weighted by atomic mass is 10.4. The molecule has 0 atom stereocenters. The van der Waals surface area contributed by atoms with Crippen LogP contribution in [-0.4, -0.2) is 37.9 Å². The van der Waals surface area contributed by atoms with Crippen molar-refractivity contribution in [1.29, 1.82) is 0 Å². The largest absolute Gasteiger partial charge is 0.462 e. The zero-order chi connectivity index (χ0) is 13.1. The van der Waals surface area contributed by atoms with Crippen molar-refractivity contribution in [1.82, 2.24) is 9.78 Å². The van der Waals surface area contributed by atoms with E-state index >= 15 is 0 Å². The van der Waals surface area contributed by atoms with Gasteiger partial charge >= 0.3 is 5.97 Å². The summed E-state index contributed by atoms with van der Waals surface area (Å²) in [5.74, 6) is -0.793. The maximum Gasteiger partial charge on any atom is 0.342 e. The Kier molecular flexibility index (Phi) is 4.21. The topological polar surface area (TPSA) is 114 Å². The van der Waals surface area contributed by atoms with Gasteiger partial charge in [0.2, 0.25) is 0 Å². The van der Waals surface area contributed by atoms with E-state index < -0.39 is 21.0 Å². The van der Waals surface area contributed by atoms with E-state index in [0.717, 1.165) is 10.9 Å². The molecule has 0 aliphatic carbocycles. The number of ether oxygens (including phenoxy) is 2. The standard InChI is InChI=1S/C8H13N3O5S/c1-3-16-8(12)6-4-10-11(5-15-2)7(6)17(9,13)14/h4H,3,5H2,1-2H3,(H2,9,13,14). The Balaban J connectivity index is 3.28. The van der Waals surface area contributed by atoms with Gasteiger partial charge in [-0.1, -0.05) is 0 Å². The highest BCUT2D eigenvalue weighted by atomic mass is 32.2. The van der Waals surface area contributed by atoms with E-state index in [0.29, 0.717) is 0 Å². The van der Waals surface area contributed by atoms with E-state index in [1.807, 2.05) is 0 Å². The summed E-state index contributed by atoms with van der Waals surface area (Å²) in [6.45, 7) is 1.59. The number of methoxy groups -OCH3 is 1. The number of hydrogen-bond acceptors (Lipinski definition) is 6. The molecule has 1 heterocycles. The highest BCUT2D eigenvalue weighted by Crippen LogP contribution is 2.15. The van der Waals surface area contributed by atoms with Crippen LogP contribution in [0.25, 0.3) is 0 Å². The van der Waals surface area contributed by atoms with Crippen LogP contribution in [0.5, 0.6) is 0 Å². The van der Waals surface area contributed by atoms with Gasteiger partial charge < -0.3 is 9.47 Å². The molecule has 1 aromatic heterocycles. The lowest BCUT2D eigenvalue weighted by Crippen LogP contribution is -2.22. The maximum atomic E-state index is 11.5. The zero-order valence-electron chi connectivity index (χ0n) is 9.41. The second-order valence-corrected chi connectivity index (χ2v) is 4.52. The predicted octanol–water partition coefficient (Wildman–Crippen LogP) is -0.689. The Hall–Kier alpha value is -1.45. The monoisotopic (exact) mass is 263 g/mol. The van der Waals surface area contributed by atoms with Gasteiger partial charge in [0.1, 0.15) is 12.3 Å². The number of primary sulfonamides is 1. The molecule has 0 aromatic carbocycles. The molecule has 8 nitrogen and oxygen atoms in total. The van der Waals surface area contributed by atoms with Crippen molar-refractivity contribution in [2.24, 2.45) is 5.14 Å². The minimum Gasteiger partial charge on any atom is -0.462 e. The summed E-state index contributed by atoms with van der Waals surface area (Å²) < 4.78 is 33.2. The van der Waals surface area contributed by atoms with E-state index in [2.05, 4.69) is 5.10 Å². The second kappa shape index (κ2) is 5.25. The second-order valence-electron chi connectivity index (χ2n) is 3.05. The summed E-state index contributed by atoms with van der Waals surface area (Å²) in [7, 11) is -2.73. The van der Waals surface area contributed by atoms with Gasteiger partial charge in [-0.05, 0) is 6.92 Å². The van der Waals surface area contributed by atoms with Gasteiger partial charge in [-0.3, -0.25) is 0 Å². The van der Waals surface area contributed by atoms with E-state index in [-0.39, 0.29) is 18.9 Å². The van der Waals surface area contributed by atoms with Crippen LogP contribution in [0.15, 0.2) is 11.2 Å². The molecule has 0 spiro atoms. The van der Waals surface area contributed by atoms with Crippen molar-refractivity contribution in [2.75, 3.05) is 13.7 Å². The molecule has 0 radical (unpaired) electrons. The Morgan fingerprint density at radius 2 is 2.24 bits per heavy atom. The summed E-state index contributed by atoms with van der Waals surface area (Å²) in [6, 6.07) is 0. The van der Waals surface area contributed by atoms with Crippen molar-refractivity contribution in [3.8, 4) is 0 Å². The highest BCUT2D eigenvalue weighted by Gasteiger charge is 2.26. The number of carbonyl (C=O) groups excluding carboxylic acids is 1. The molecule has 0 aliphatic rings. The van der Waals surface area contributed by atoms with Crippen LogP contribution >= 0.6 is 0 Å². The van der Waals surface area contributed by atoms with Gasteiger partial charge in [0, 0.05) is 7.11 Å². The molecule has 0 bridgehead atoms. The van der Waals surface area contributed by atoms with Gasteiger partial charge in [0.25, 0.3) is 10.0 Å². The molecule has 1 rings (SSSR count). The van der Waals surface area contributed by atoms with Gasteiger partial charge in [0.15, 0.2) is 5.03 Å². The zero-order valence-corrected chi connectivity index (χ0v) is 10.2. The SMILES string of the molecule is CCOC(=O)c1cnn(COC)c1S(N)(=O)=O. The van der Waals surface area contributed by atoms with E-state index in [1.165, 1.54) is 7.11 Å². The van der Waals surface area contributed by atoms with E-state index in [1.54, 1.807) is 6.92 Å². The van der Waals surface area contributed by atoms with Crippen molar-refractivity contribution in [3.05, 3.63) is 11.8 Å². The number of aromatic nitrogens is 2. The first-order valence-corrected chi connectivity index (χ1v) is 6.21. The molecule has 0 amide bonds. The average molecular weight is 263 g/mol. The third-order valence-corrected chi connectivity index (χ3v) is 2.78. The Labute approximate surface area is 98.4 Å². The number of sulfonamides is 1. The summed E-state index contributed by atoms with van der Waals surface area (Å²) in [4.78, 5) is 11.5. The molecule has 1 aromatic rings. The summed E-state index contributed by atoms with van der Waals surface area (Å²) in [6.07, 6.45) is 1.08. The summed E-state index contributed by atoms with van der Waals surface area (Å²) >= 11 is 0. The van der Waals surface area contributed by atoms with Crippen LogP contribution < -0.4 is 5.14 Å². The van der Waals surface area contributed by atoms with E-state index in [4.69, 9.17) is 14.6 Å². The molecule has 0 aliphatic heterocycles. The molecule has 0 saturated heterocycles. The predicted molar refractivity (Wildman–Crippen MR) is 56.6 cm³/mol.